The first-order valence-corrected chi connectivity index (χ1v) is 10.2. The number of rotatable bonds is 7. The normalized spacial score (nSPS) is 16.5. The lowest BCUT2D eigenvalue weighted by Gasteiger charge is -2.33. The predicted octanol–water partition coefficient (Wildman–Crippen LogP) is 3.26. The van der Waals surface area contributed by atoms with Gasteiger partial charge in [0.2, 0.25) is 0 Å². The molecule has 3 N–H and O–H groups in total. The second-order valence-corrected chi connectivity index (χ2v) is 7.97. The highest BCUT2D eigenvalue weighted by Crippen LogP contribution is 2.26. The van der Waals surface area contributed by atoms with E-state index in [1.165, 1.54) is 11.1 Å². The van der Waals surface area contributed by atoms with Gasteiger partial charge < -0.3 is 16.0 Å². The predicted molar refractivity (Wildman–Crippen MR) is 116 cm³/mol. The average molecular weight is 395 g/mol. The monoisotopic (exact) mass is 394 g/mol. The summed E-state index contributed by atoms with van der Waals surface area (Å²) in [5.74, 6) is 1.40. The molecule has 0 spiro atoms. The van der Waals surface area contributed by atoms with E-state index >= 15 is 0 Å². The molecule has 0 saturated carbocycles. The van der Waals surface area contributed by atoms with Crippen molar-refractivity contribution in [1.29, 1.82) is 0 Å². The third-order valence-electron chi connectivity index (χ3n) is 5.71. The zero-order chi connectivity index (χ0) is 21.0. The number of aromatic nitrogens is 1. The molecule has 1 fully saturated rings. The zero-order valence-corrected chi connectivity index (χ0v) is 17.5. The quantitative estimate of drug-likeness (QED) is 0.752. The third-order valence-corrected chi connectivity index (χ3v) is 5.71. The van der Waals surface area contributed by atoms with Crippen LogP contribution in [0.15, 0.2) is 30.3 Å². The van der Waals surface area contributed by atoms with Crippen LogP contribution in [0.25, 0.3) is 0 Å². The second-order valence-electron chi connectivity index (χ2n) is 7.97. The summed E-state index contributed by atoms with van der Waals surface area (Å²) in [5, 5.41) is 2.94. The number of carbonyl (C=O) groups is 2. The number of aryl methyl sites for hydroxylation is 2. The van der Waals surface area contributed by atoms with Gasteiger partial charge in [0, 0.05) is 33.0 Å². The highest BCUT2D eigenvalue weighted by molar-refractivity contribution is 5.97. The number of nitrogens with zero attached hydrogens (tertiary/aromatic N) is 2. The molecule has 0 aliphatic carbocycles. The molecule has 1 atom stereocenters. The smallest absolute Gasteiger partial charge is 0.252 e. The lowest BCUT2D eigenvalue weighted by atomic mass is 9.90. The number of pyridine rings is 1. The highest BCUT2D eigenvalue weighted by Gasteiger charge is 2.24. The van der Waals surface area contributed by atoms with Crippen molar-refractivity contribution in [2.24, 2.45) is 11.7 Å². The van der Waals surface area contributed by atoms with Crippen molar-refractivity contribution in [2.45, 2.75) is 39.5 Å². The van der Waals surface area contributed by atoms with Crippen molar-refractivity contribution in [3.05, 3.63) is 52.6 Å². The van der Waals surface area contributed by atoms with Gasteiger partial charge in [-0.1, -0.05) is 18.2 Å². The van der Waals surface area contributed by atoms with Crippen LogP contribution in [0.4, 0.5) is 11.6 Å². The van der Waals surface area contributed by atoms with Crippen LogP contribution in [-0.4, -0.2) is 36.8 Å². The minimum absolute atomic E-state index is 0.285. The zero-order valence-electron chi connectivity index (χ0n) is 17.5. The first-order chi connectivity index (χ1) is 13.9. The molecule has 1 amide bonds. The largest absolute Gasteiger partial charge is 0.372 e. The van der Waals surface area contributed by atoms with E-state index in [2.05, 4.69) is 47.2 Å². The van der Waals surface area contributed by atoms with E-state index in [1.54, 1.807) is 13.1 Å². The maximum atomic E-state index is 12.6. The molecule has 2 aromatic rings. The Morgan fingerprint density at radius 3 is 2.69 bits per heavy atom. The van der Waals surface area contributed by atoms with Crippen molar-refractivity contribution >= 4 is 23.3 Å². The lowest BCUT2D eigenvalue weighted by molar-refractivity contribution is -0.119. The Morgan fingerprint density at radius 2 is 2.00 bits per heavy atom. The highest BCUT2D eigenvalue weighted by atomic mass is 16.1. The Hall–Kier alpha value is -2.89. The molecule has 29 heavy (non-hydrogen) atoms. The number of nitrogens with two attached hydrogens (primary N) is 1. The number of ketones is 1. The molecule has 0 unspecified atom stereocenters. The summed E-state index contributed by atoms with van der Waals surface area (Å²) >= 11 is 0. The molecule has 1 aliphatic rings. The third kappa shape index (κ3) is 5.13. The standard InChI is InChI=1S/C23H30N4O2/c1-15-6-7-17(11-16(15)2)12-19(28)13-18-5-4-10-27(14-18)21-9-8-20(22(24)29)23(25-3)26-21/h6-9,11,18H,4-5,10,12-14H2,1-3H3,(H2,24,29)(H,25,26)/t18-/m0/s1. The lowest BCUT2D eigenvalue weighted by Crippen LogP contribution is -2.37. The second kappa shape index (κ2) is 9.07. The fraction of sp³-hybridized carbons (Fsp3) is 0.435. The Bertz CT molecular complexity index is 910. The first-order valence-electron chi connectivity index (χ1n) is 10.2. The van der Waals surface area contributed by atoms with Crippen LogP contribution >= 0.6 is 0 Å². The Labute approximate surface area is 172 Å². The van der Waals surface area contributed by atoms with Crippen LogP contribution in [0.5, 0.6) is 0 Å². The number of primary amides is 1. The number of piperidine rings is 1. The van der Waals surface area contributed by atoms with E-state index in [4.69, 9.17) is 5.73 Å². The molecule has 3 rings (SSSR count). The summed E-state index contributed by atoms with van der Waals surface area (Å²) in [6, 6.07) is 9.80. The van der Waals surface area contributed by atoms with Gasteiger partial charge in [0.1, 0.15) is 17.4 Å². The van der Waals surface area contributed by atoms with Gasteiger partial charge >= 0.3 is 0 Å². The van der Waals surface area contributed by atoms with E-state index in [0.29, 0.717) is 30.1 Å². The summed E-state index contributed by atoms with van der Waals surface area (Å²) < 4.78 is 0. The van der Waals surface area contributed by atoms with Gasteiger partial charge in [0.25, 0.3) is 5.91 Å². The molecular formula is C23H30N4O2. The molecule has 6 heteroatoms. The maximum Gasteiger partial charge on any atom is 0.252 e. The van der Waals surface area contributed by atoms with Crippen LogP contribution in [0.3, 0.4) is 0 Å². The van der Waals surface area contributed by atoms with Gasteiger partial charge in [-0.3, -0.25) is 9.59 Å². The summed E-state index contributed by atoms with van der Waals surface area (Å²) in [5.41, 5.74) is 9.36. The average Bonchev–Trinajstić information content (AvgIpc) is 2.70. The molecule has 1 aromatic heterocycles. The molecular weight excluding hydrogens is 364 g/mol. The summed E-state index contributed by atoms with van der Waals surface area (Å²) in [7, 11) is 1.73. The maximum absolute atomic E-state index is 12.6. The number of carbonyl (C=O) groups excluding carboxylic acids is 2. The van der Waals surface area contributed by atoms with Gasteiger partial charge in [-0.15, -0.1) is 0 Å². The van der Waals surface area contributed by atoms with Crippen molar-refractivity contribution in [3.8, 4) is 0 Å². The Balaban J connectivity index is 1.63. The Kier molecular flexibility index (Phi) is 6.52. The number of hydrogen-bond donors (Lipinski definition) is 2. The number of amides is 1. The van der Waals surface area contributed by atoms with E-state index in [-0.39, 0.29) is 5.78 Å². The van der Waals surface area contributed by atoms with Gasteiger partial charge in [-0.2, -0.15) is 0 Å². The number of benzene rings is 1. The van der Waals surface area contributed by atoms with E-state index in [9.17, 15) is 9.59 Å². The molecule has 2 heterocycles. The van der Waals surface area contributed by atoms with Crippen molar-refractivity contribution < 1.29 is 9.59 Å². The molecule has 0 radical (unpaired) electrons. The SMILES string of the molecule is CNc1nc(N2CCC[C@@H](CC(=O)Cc3ccc(C)c(C)c3)C2)ccc1C(N)=O. The van der Waals surface area contributed by atoms with Gasteiger partial charge in [0.15, 0.2) is 0 Å². The van der Waals surface area contributed by atoms with E-state index < -0.39 is 5.91 Å². The minimum Gasteiger partial charge on any atom is -0.372 e. The van der Waals surface area contributed by atoms with Gasteiger partial charge in [-0.25, -0.2) is 4.98 Å². The van der Waals surface area contributed by atoms with Gasteiger partial charge in [-0.05, 0) is 61.4 Å². The molecule has 0 bridgehead atoms. The molecule has 154 valence electrons. The van der Waals surface area contributed by atoms with Crippen molar-refractivity contribution in [2.75, 3.05) is 30.4 Å². The van der Waals surface area contributed by atoms with Crippen molar-refractivity contribution in [3.63, 3.8) is 0 Å². The van der Waals surface area contributed by atoms with Crippen LogP contribution in [0.2, 0.25) is 0 Å². The fourth-order valence-corrected chi connectivity index (χ4v) is 3.99. The molecule has 6 nitrogen and oxygen atoms in total. The number of nitrogens with one attached hydrogen (secondary N) is 1. The molecule has 1 saturated heterocycles. The van der Waals surface area contributed by atoms with E-state index in [0.717, 1.165) is 37.3 Å². The topological polar surface area (TPSA) is 88.3 Å². The number of hydrogen-bond acceptors (Lipinski definition) is 5. The van der Waals surface area contributed by atoms with Crippen LogP contribution in [-0.2, 0) is 11.2 Å². The summed E-state index contributed by atoms with van der Waals surface area (Å²) in [6.07, 6.45) is 3.15. The Morgan fingerprint density at radius 1 is 1.21 bits per heavy atom. The number of Topliss-reactive ketones (excluding diaryl/α,β-unsaturated/α-hetero) is 1. The molecule has 1 aromatic carbocycles. The minimum atomic E-state index is -0.498. The van der Waals surface area contributed by atoms with E-state index in [1.807, 2.05) is 6.07 Å². The summed E-state index contributed by atoms with van der Waals surface area (Å²) in [4.78, 5) is 30.9. The first kappa shape index (κ1) is 20.8. The number of anilines is 2. The van der Waals surface area contributed by atoms with Gasteiger partial charge in [0.05, 0.1) is 5.56 Å². The molecule has 1 aliphatic heterocycles. The fourth-order valence-electron chi connectivity index (χ4n) is 3.99. The van der Waals surface area contributed by atoms with Crippen LogP contribution in [0, 0.1) is 19.8 Å². The van der Waals surface area contributed by atoms with Crippen molar-refractivity contribution in [1.82, 2.24) is 4.98 Å². The van der Waals surface area contributed by atoms with Crippen LogP contribution < -0.4 is 16.0 Å². The summed E-state index contributed by atoms with van der Waals surface area (Å²) in [6.45, 7) is 5.86. The van der Waals surface area contributed by atoms with Crippen LogP contribution in [0.1, 0.15) is 46.3 Å².